The number of rotatable bonds is 3. The predicted molar refractivity (Wildman–Crippen MR) is 59.9 cm³/mol. The van der Waals surface area contributed by atoms with Crippen molar-refractivity contribution in [2.75, 3.05) is 32.7 Å². The first-order chi connectivity index (χ1) is 6.20. The molecule has 1 aliphatic rings. The molecule has 76 valence electrons. The zero-order valence-electron chi connectivity index (χ0n) is 8.25. The van der Waals surface area contributed by atoms with E-state index in [0.29, 0.717) is 10.9 Å². The second-order valence-corrected chi connectivity index (χ2v) is 4.18. The molecule has 1 rings (SSSR count). The van der Waals surface area contributed by atoms with E-state index >= 15 is 0 Å². The normalized spacial score (nSPS) is 22.2. The number of thiocarbonyl (C=S) groups is 1. The minimum absolute atomic E-state index is 0.341. The van der Waals surface area contributed by atoms with Gasteiger partial charge in [-0.25, -0.2) is 0 Å². The summed E-state index contributed by atoms with van der Waals surface area (Å²) in [6.45, 7) is 7.62. The molecule has 0 aromatic rings. The maximum atomic E-state index is 5.58. The lowest BCUT2D eigenvalue weighted by Gasteiger charge is -2.22. The van der Waals surface area contributed by atoms with E-state index in [0.717, 1.165) is 26.2 Å². The Hall–Kier alpha value is -0.190. The van der Waals surface area contributed by atoms with Crippen LogP contribution in [0, 0.1) is 5.92 Å². The van der Waals surface area contributed by atoms with Gasteiger partial charge >= 0.3 is 0 Å². The number of nitrogens with one attached hydrogen (secondary N) is 1. The topological polar surface area (TPSA) is 41.3 Å². The van der Waals surface area contributed by atoms with Crippen molar-refractivity contribution in [2.45, 2.75) is 13.3 Å². The fourth-order valence-electron chi connectivity index (χ4n) is 1.56. The van der Waals surface area contributed by atoms with E-state index in [-0.39, 0.29) is 0 Å². The fraction of sp³-hybridized carbons (Fsp3) is 0.889. The van der Waals surface area contributed by atoms with Crippen molar-refractivity contribution >= 4 is 17.2 Å². The summed E-state index contributed by atoms with van der Waals surface area (Å²) < 4.78 is 0. The van der Waals surface area contributed by atoms with Crippen LogP contribution in [0.15, 0.2) is 0 Å². The quantitative estimate of drug-likeness (QED) is 0.640. The lowest BCUT2D eigenvalue weighted by Crippen LogP contribution is -2.36. The number of nitrogens with zero attached hydrogens (tertiary/aromatic N) is 1. The molecular weight excluding hydrogens is 182 g/mol. The average molecular weight is 201 g/mol. The van der Waals surface area contributed by atoms with Crippen LogP contribution in [0.25, 0.3) is 0 Å². The maximum absolute atomic E-state index is 5.58. The number of nitrogens with two attached hydrogens (primary N) is 1. The van der Waals surface area contributed by atoms with E-state index in [2.05, 4.69) is 17.1 Å². The lowest BCUT2D eigenvalue weighted by atomic mass is 10.1. The van der Waals surface area contributed by atoms with Gasteiger partial charge in [0.1, 0.15) is 0 Å². The molecule has 4 heteroatoms. The summed E-state index contributed by atoms with van der Waals surface area (Å²) in [4.78, 5) is 3.07. The van der Waals surface area contributed by atoms with Gasteiger partial charge in [0.15, 0.2) is 0 Å². The molecule has 3 N–H and O–H groups in total. The molecule has 0 aromatic carbocycles. The minimum atomic E-state index is 0.341. The zero-order chi connectivity index (χ0) is 9.68. The molecule has 0 aromatic heterocycles. The molecule has 1 unspecified atom stereocenters. The van der Waals surface area contributed by atoms with Gasteiger partial charge in [-0.2, -0.15) is 0 Å². The smallest absolute Gasteiger partial charge is 0.0768 e. The first-order valence-corrected chi connectivity index (χ1v) is 5.33. The van der Waals surface area contributed by atoms with Crippen LogP contribution in [0.3, 0.4) is 0 Å². The third kappa shape index (κ3) is 4.02. The Balaban J connectivity index is 2.29. The third-order valence-electron chi connectivity index (χ3n) is 2.45. The summed E-state index contributed by atoms with van der Waals surface area (Å²) >= 11 is 4.96. The van der Waals surface area contributed by atoms with Crippen molar-refractivity contribution in [3.63, 3.8) is 0 Å². The van der Waals surface area contributed by atoms with Crippen molar-refractivity contribution in [1.82, 2.24) is 10.2 Å². The van der Waals surface area contributed by atoms with Crippen molar-refractivity contribution in [3.8, 4) is 0 Å². The molecule has 0 spiro atoms. The molecule has 0 bridgehead atoms. The molecule has 0 saturated carbocycles. The predicted octanol–water partition coefficient (Wildman–Crippen LogP) is 0.204. The van der Waals surface area contributed by atoms with Crippen LogP contribution in [-0.4, -0.2) is 42.6 Å². The monoisotopic (exact) mass is 201 g/mol. The molecule has 1 fully saturated rings. The molecule has 0 radical (unpaired) electrons. The zero-order valence-corrected chi connectivity index (χ0v) is 9.07. The van der Waals surface area contributed by atoms with Crippen LogP contribution >= 0.6 is 12.2 Å². The minimum Gasteiger partial charge on any atom is -0.393 e. The van der Waals surface area contributed by atoms with Crippen molar-refractivity contribution in [1.29, 1.82) is 0 Å². The molecule has 1 atom stereocenters. The average Bonchev–Trinajstić information content (AvgIpc) is 2.32. The molecule has 0 amide bonds. The highest BCUT2D eigenvalue weighted by Crippen LogP contribution is 2.02. The molecular formula is C9H19N3S. The van der Waals surface area contributed by atoms with Crippen LogP contribution in [0.2, 0.25) is 0 Å². The summed E-state index contributed by atoms with van der Waals surface area (Å²) in [6.07, 6.45) is 1.23. The molecule has 1 aliphatic heterocycles. The van der Waals surface area contributed by atoms with Gasteiger partial charge in [0.2, 0.25) is 0 Å². The van der Waals surface area contributed by atoms with Gasteiger partial charge in [-0.1, -0.05) is 19.1 Å². The van der Waals surface area contributed by atoms with Crippen molar-refractivity contribution < 1.29 is 0 Å². The van der Waals surface area contributed by atoms with Gasteiger partial charge in [-0.3, -0.25) is 0 Å². The Morgan fingerprint density at radius 1 is 1.54 bits per heavy atom. The van der Waals surface area contributed by atoms with Crippen LogP contribution < -0.4 is 11.1 Å². The van der Waals surface area contributed by atoms with Crippen LogP contribution in [0.4, 0.5) is 0 Å². The highest BCUT2D eigenvalue weighted by Gasteiger charge is 2.13. The van der Waals surface area contributed by atoms with E-state index in [1.807, 2.05) is 0 Å². The van der Waals surface area contributed by atoms with Gasteiger partial charge in [0.05, 0.1) is 4.99 Å². The van der Waals surface area contributed by atoms with Crippen molar-refractivity contribution in [2.24, 2.45) is 11.7 Å². The van der Waals surface area contributed by atoms with Gasteiger partial charge in [-0.05, 0) is 19.5 Å². The Kier molecular flexibility index (Phi) is 4.62. The van der Waals surface area contributed by atoms with E-state index in [4.69, 9.17) is 18.0 Å². The first kappa shape index (κ1) is 10.9. The summed E-state index contributed by atoms with van der Waals surface area (Å²) in [5.41, 5.74) is 5.58. The molecule has 0 aliphatic carbocycles. The van der Waals surface area contributed by atoms with E-state index in [9.17, 15) is 0 Å². The molecule has 1 saturated heterocycles. The summed E-state index contributed by atoms with van der Waals surface area (Å²) in [5, 5.41) is 3.37. The number of hydrogen-bond donors (Lipinski definition) is 2. The SMILES string of the molecule is CC(CN1CCCNCC1)C(N)=S. The molecule has 1 heterocycles. The van der Waals surface area contributed by atoms with Gasteiger partial charge < -0.3 is 16.0 Å². The fourth-order valence-corrected chi connectivity index (χ4v) is 1.64. The third-order valence-corrected chi connectivity index (χ3v) is 2.85. The second kappa shape index (κ2) is 5.52. The Morgan fingerprint density at radius 2 is 2.31 bits per heavy atom. The Morgan fingerprint density at radius 3 is 3.00 bits per heavy atom. The van der Waals surface area contributed by atoms with Crippen LogP contribution in [-0.2, 0) is 0 Å². The van der Waals surface area contributed by atoms with Gasteiger partial charge in [0, 0.05) is 25.6 Å². The van der Waals surface area contributed by atoms with Gasteiger partial charge in [-0.15, -0.1) is 0 Å². The first-order valence-electron chi connectivity index (χ1n) is 4.92. The number of hydrogen-bond acceptors (Lipinski definition) is 3. The highest BCUT2D eigenvalue weighted by molar-refractivity contribution is 7.80. The highest BCUT2D eigenvalue weighted by atomic mass is 32.1. The van der Waals surface area contributed by atoms with Crippen molar-refractivity contribution in [3.05, 3.63) is 0 Å². The molecule has 13 heavy (non-hydrogen) atoms. The van der Waals surface area contributed by atoms with E-state index in [1.165, 1.54) is 13.0 Å². The lowest BCUT2D eigenvalue weighted by molar-refractivity contribution is 0.276. The van der Waals surface area contributed by atoms with E-state index in [1.54, 1.807) is 0 Å². The Labute approximate surface area is 85.7 Å². The summed E-state index contributed by atoms with van der Waals surface area (Å²) in [6, 6.07) is 0. The largest absolute Gasteiger partial charge is 0.393 e. The second-order valence-electron chi connectivity index (χ2n) is 3.71. The summed E-state index contributed by atoms with van der Waals surface area (Å²) in [7, 11) is 0. The van der Waals surface area contributed by atoms with Crippen LogP contribution in [0.5, 0.6) is 0 Å². The van der Waals surface area contributed by atoms with Crippen LogP contribution in [0.1, 0.15) is 13.3 Å². The standard InChI is InChI=1S/C9H19N3S/c1-8(9(10)13)7-12-5-2-3-11-4-6-12/h8,11H,2-7H2,1H3,(H2,10,13). The van der Waals surface area contributed by atoms with E-state index < -0.39 is 0 Å². The molecule has 3 nitrogen and oxygen atoms in total. The summed E-state index contributed by atoms with van der Waals surface area (Å²) in [5.74, 6) is 0.341. The Bertz CT molecular complexity index is 164. The van der Waals surface area contributed by atoms with Gasteiger partial charge in [0.25, 0.3) is 0 Å². The maximum Gasteiger partial charge on any atom is 0.0768 e.